The highest BCUT2D eigenvalue weighted by Crippen LogP contribution is 2.04. The minimum Gasteiger partial charge on any atom is -0.466 e. The summed E-state index contributed by atoms with van der Waals surface area (Å²) in [4.78, 5) is 24.1. The molecule has 0 N–H and O–H groups in total. The molecule has 0 rings (SSSR count). The molecule has 0 aromatic rings. The molecule has 0 atom stereocenters. The maximum atomic E-state index is 11.1. The van der Waals surface area contributed by atoms with Gasteiger partial charge in [-0.2, -0.15) is 0 Å². The Morgan fingerprint density at radius 3 is 2.00 bits per heavy atom. The molecule has 0 bridgehead atoms. The summed E-state index contributed by atoms with van der Waals surface area (Å²) in [5, 5.41) is 0. The van der Waals surface area contributed by atoms with E-state index in [0.29, 0.717) is 36.3 Å². The zero-order valence-electron chi connectivity index (χ0n) is 17.2. The number of nitrogens with zero attached hydrogens (tertiary/aromatic N) is 1. The van der Waals surface area contributed by atoms with Crippen molar-refractivity contribution in [2.24, 2.45) is 0 Å². The number of ether oxygens (including phenoxy) is 2. The van der Waals surface area contributed by atoms with Crippen LogP contribution in [0, 0.1) is 0 Å². The molecule has 0 saturated heterocycles. The topological polar surface area (TPSA) is 55.8 Å². The smallest absolute Gasteiger partial charge is 0.333 e. The maximum absolute atomic E-state index is 11.1. The number of esters is 2. The normalized spacial score (nSPS) is 10.5. The summed E-state index contributed by atoms with van der Waals surface area (Å²) in [5.74, 6) is -0.666. The van der Waals surface area contributed by atoms with Crippen LogP contribution < -0.4 is 0 Å². The number of carbonyl (C=O) groups is 2. The molecule has 0 amide bonds. The third kappa shape index (κ3) is 13.2. The van der Waals surface area contributed by atoms with Gasteiger partial charge in [-0.05, 0) is 41.0 Å². The van der Waals surface area contributed by atoms with Gasteiger partial charge in [-0.1, -0.05) is 38.0 Å². The van der Waals surface area contributed by atoms with Gasteiger partial charge in [0, 0.05) is 29.8 Å². The zero-order chi connectivity index (χ0) is 20.7. The summed E-state index contributed by atoms with van der Waals surface area (Å²) in [7, 11) is 1.34. The second kappa shape index (κ2) is 15.1. The van der Waals surface area contributed by atoms with Gasteiger partial charge in [-0.15, -0.1) is 0 Å². The van der Waals surface area contributed by atoms with Crippen LogP contribution in [0.5, 0.6) is 0 Å². The average Bonchev–Trinajstić information content (AvgIpc) is 2.57. The molecule has 5 nitrogen and oxygen atoms in total. The zero-order valence-corrected chi connectivity index (χ0v) is 17.2. The summed E-state index contributed by atoms with van der Waals surface area (Å²) in [5.41, 5.74) is 0.904. The highest BCUT2D eigenvalue weighted by Gasteiger charge is 2.13. The van der Waals surface area contributed by atoms with Crippen LogP contribution in [0.25, 0.3) is 0 Å². The van der Waals surface area contributed by atoms with E-state index in [2.05, 4.69) is 57.1 Å². The van der Waals surface area contributed by atoms with Gasteiger partial charge in [0.05, 0.1) is 7.11 Å². The minimum atomic E-state index is -0.362. The summed E-state index contributed by atoms with van der Waals surface area (Å²) in [6, 6.07) is 0.932. The quantitative estimate of drug-likeness (QED) is 0.332. The lowest BCUT2D eigenvalue weighted by molar-refractivity contribution is -0.139. The molecule has 0 heterocycles. The molecule has 0 unspecified atom stereocenters. The van der Waals surface area contributed by atoms with E-state index in [-0.39, 0.29) is 11.9 Å². The van der Waals surface area contributed by atoms with Gasteiger partial charge in [0.2, 0.25) is 0 Å². The van der Waals surface area contributed by atoms with E-state index in [4.69, 9.17) is 4.74 Å². The number of hydrogen-bond acceptors (Lipinski definition) is 5. The fourth-order valence-corrected chi connectivity index (χ4v) is 2.01. The SMILES string of the molecule is C=C(C)C(=O)OCCN(C(C)C)C(C)C.C=CC=CCC(=C)C(=O)OC. The van der Waals surface area contributed by atoms with Crippen molar-refractivity contribution in [3.8, 4) is 0 Å². The fourth-order valence-electron chi connectivity index (χ4n) is 2.01. The van der Waals surface area contributed by atoms with Crippen LogP contribution in [0.2, 0.25) is 0 Å². The minimum absolute atomic E-state index is 0.303. The number of allylic oxidation sites excluding steroid dienone is 3. The van der Waals surface area contributed by atoms with E-state index >= 15 is 0 Å². The van der Waals surface area contributed by atoms with Crippen molar-refractivity contribution >= 4 is 11.9 Å². The van der Waals surface area contributed by atoms with Crippen LogP contribution >= 0.6 is 0 Å². The molecule has 0 fully saturated rings. The van der Waals surface area contributed by atoms with E-state index in [9.17, 15) is 9.59 Å². The molecule has 26 heavy (non-hydrogen) atoms. The second-order valence-corrected chi connectivity index (χ2v) is 6.30. The molecule has 0 spiro atoms. The highest BCUT2D eigenvalue weighted by atomic mass is 16.5. The van der Waals surface area contributed by atoms with Crippen LogP contribution in [0.15, 0.2) is 49.1 Å². The van der Waals surface area contributed by atoms with Crippen LogP contribution in [-0.4, -0.2) is 49.2 Å². The van der Waals surface area contributed by atoms with Crippen molar-refractivity contribution in [2.75, 3.05) is 20.3 Å². The Hall–Kier alpha value is -2.14. The molecule has 0 radical (unpaired) electrons. The molecule has 0 saturated carbocycles. The van der Waals surface area contributed by atoms with E-state index < -0.39 is 0 Å². The van der Waals surface area contributed by atoms with E-state index in [1.807, 2.05) is 0 Å². The molecule has 0 aliphatic rings. The summed E-state index contributed by atoms with van der Waals surface area (Å²) in [6.07, 6.45) is 5.71. The lowest BCUT2D eigenvalue weighted by Crippen LogP contribution is -2.39. The third-order valence-electron chi connectivity index (χ3n) is 3.37. The highest BCUT2D eigenvalue weighted by molar-refractivity contribution is 5.87. The molecule has 0 aliphatic carbocycles. The van der Waals surface area contributed by atoms with Crippen molar-refractivity contribution in [3.63, 3.8) is 0 Å². The Kier molecular flexibility index (Phi) is 15.2. The van der Waals surface area contributed by atoms with Crippen molar-refractivity contribution in [3.05, 3.63) is 49.1 Å². The van der Waals surface area contributed by atoms with Gasteiger partial charge in [0.15, 0.2) is 0 Å². The molecule has 0 aromatic heterocycles. The third-order valence-corrected chi connectivity index (χ3v) is 3.37. The summed E-state index contributed by atoms with van der Waals surface area (Å²) in [6.45, 7) is 22.0. The monoisotopic (exact) mass is 365 g/mol. The van der Waals surface area contributed by atoms with Crippen LogP contribution in [0.4, 0.5) is 0 Å². The lowest BCUT2D eigenvalue weighted by atomic mass is 10.2. The predicted molar refractivity (Wildman–Crippen MR) is 108 cm³/mol. The Labute approximate surface area is 159 Å². The van der Waals surface area contributed by atoms with E-state index in [1.54, 1.807) is 25.2 Å². The van der Waals surface area contributed by atoms with Crippen LogP contribution in [-0.2, 0) is 19.1 Å². The van der Waals surface area contributed by atoms with Crippen molar-refractivity contribution < 1.29 is 19.1 Å². The molecular weight excluding hydrogens is 330 g/mol. The summed E-state index contributed by atoms with van der Waals surface area (Å²) >= 11 is 0. The molecule has 0 aliphatic heterocycles. The van der Waals surface area contributed by atoms with Gasteiger partial charge in [-0.3, -0.25) is 4.90 Å². The number of carbonyl (C=O) groups excluding carboxylic acids is 2. The Bertz CT molecular complexity index is 496. The van der Waals surface area contributed by atoms with Crippen molar-refractivity contribution in [1.29, 1.82) is 0 Å². The molecular formula is C21H35NO4. The maximum Gasteiger partial charge on any atom is 0.333 e. The van der Waals surface area contributed by atoms with Crippen LogP contribution in [0.3, 0.4) is 0 Å². The van der Waals surface area contributed by atoms with E-state index in [1.165, 1.54) is 7.11 Å². The fraction of sp³-hybridized carbons (Fsp3) is 0.524. The summed E-state index contributed by atoms with van der Waals surface area (Å²) < 4.78 is 9.50. The van der Waals surface area contributed by atoms with Gasteiger partial charge in [0.1, 0.15) is 6.61 Å². The molecule has 5 heteroatoms. The van der Waals surface area contributed by atoms with Gasteiger partial charge in [0.25, 0.3) is 0 Å². The Morgan fingerprint density at radius 1 is 1.08 bits per heavy atom. The average molecular weight is 366 g/mol. The number of methoxy groups -OCH3 is 1. The number of rotatable bonds is 10. The van der Waals surface area contributed by atoms with Crippen molar-refractivity contribution in [2.45, 2.75) is 53.1 Å². The standard InChI is InChI=1S/C12H23NO2.C9H12O2/c1-9(2)12(14)15-8-7-13(10(3)4)11(5)6;1-4-5-6-7-8(2)9(10)11-3/h10-11H,1,7-8H2,2-6H3;4-6H,1-2,7H2,3H3. The van der Waals surface area contributed by atoms with Gasteiger partial charge >= 0.3 is 11.9 Å². The van der Waals surface area contributed by atoms with Gasteiger partial charge < -0.3 is 9.47 Å². The first kappa shape index (κ1) is 26.1. The van der Waals surface area contributed by atoms with Gasteiger partial charge in [-0.25, -0.2) is 9.59 Å². The first-order valence-corrected chi connectivity index (χ1v) is 8.70. The Balaban J connectivity index is 0. The molecule has 0 aromatic carbocycles. The van der Waals surface area contributed by atoms with E-state index in [0.717, 1.165) is 6.54 Å². The van der Waals surface area contributed by atoms with Crippen LogP contribution in [0.1, 0.15) is 41.0 Å². The number of hydrogen-bond donors (Lipinski definition) is 0. The predicted octanol–water partition coefficient (Wildman–Crippen LogP) is 4.07. The Morgan fingerprint density at radius 2 is 1.62 bits per heavy atom. The first-order chi connectivity index (χ1) is 12.1. The van der Waals surface area contributed by atoms with Crippen molar-refractivity contribution in [1.82, 2.24) is 4.90 Å². The second-order valence-electron chi connectivity index (χ2n) is 6.30. The molecule has 148 valence electrons. The lowest BCUT2D eigenvalue weighted by Gasteiger charge is -2.30. The largest absolute Gasteiger partial charge is 0.466 e. The first-order valence-electron chi connectivity index (χ1n) is 8.70.